The van der Waals surface area contributed by atoms with Gasteiger partial charge < -0.3 is 10.2 Å². The number of carbonyl (C=O) groups is 1. The largest absolute Gasteiger partial charge is 0.337 e. The number of carbonyl (C=O) groups excluding carboxylic acids is 1. The van der Waals surface area contributed by atoms with Crippen molar-refractivity contribution in [2.75, 3.05) is 24.9 Å². The van der Waals surface area contributed by atoms with Gasteiger partial charge in [0.2, 0.25) is 0 Å². The van der Waals surface area contributed by atoms with Crippen molar-refractivity contribution in [3.05, 3.63) is 54.4 Å². The molecule has 1 amide bonds. The molecule has 2 heterocycles. The lowest BCUT2D eigenvalue weighted by atomic mass is 10.1. The van der Waals surface area contributed by atoms with Crippen molar-refractivity contribution >= 4 is 46.4 Å². The predicted octanol–water partition coefficient (Wildman–Crippen LogP) is 2.16. The molecule has 10 heteroatoms. The fraction of sp³-hybridized carbons (Fsp3) is 0.294. The van der Waals surface area contributed by atoms with Gasteiger partial charge in [-0.3, -0.25) is 14.5 Å². The molecule has 0 aliphatic carbocycles. The molecule has 1 aromatic carbocycles. The van der Waals surface area contributed by atoms with E-state index in [1.54, 1.807) is 36.2 Å². The Morgan fingerprint density at radius 3 is 2.33 bits per heavy atom. The molecule has 1 unspecified atom stereocenters. The fourth-order valence-electron chi connectivity index (χ4n) is 2.75. The van der Waals surface area contributed by atoms with E-state index in [0.717, 1.165) is 19.5 Å². The highest BCUT2D eigenvalue weighted by Gasteiger charge is 2.24. The summed E-state index contributed by atoms with van der Waals surface area (Å²) in [6, 6.07) is 9.28. The molecule has 7 nitrogen and oxygen atoms in total. The first-order valence-corrected chi connectivity index (χ1v) is 9.46. The molecular formula is C17H22Cl2N4O3S. The molecular weight excluding hydrogens is 411 g/mol. The molecule has 1 aliphatic rings. The zero-order chi connectivity index (χ0) is 17.9. The average molecular weight is 433 g/mol. The van der Waals surface area contributed by atoms with Crippen LogP contribution in [0, 0.1) is 0 Å². The van der Waals surface area contributed by atoms with Crippen LogP contribution in [0.2, 0.25) is 0 Å². The maximum atomic E-state index is 12.5. The zero-order valence-electron chi connectivity index (χ0n) is 14.7. The first kappa shape index (κ1) is 23.2. The van der Waals surface area contributed by atoms with Gasteiger partial charge in [-0.2, -0.15) is 0 Å². The summed E-state index contributed by atoms with van der Waals surface area (Å²) in [6.07, 6.45) is 3.94. The Bertz CT molecular complexity index is 842. The topological polar surface area (TPSA) is 91.4 Å². The third-order valence-corrected chi connectivity index (χ3v) is 5.64. The first-order valence-electron chi connectivity index (χ1n) is 7.98. The summed E-state index contributed by atoms with van der Waals surface area (Å²) >= 11 is 0. The van der Waals surface area contributed by atoms with E-state index in [-0.39, 0.29) is 41.7 Å². The summed E-state index contributed by atoms with van der Waals surface area (Å²) in [5.74, 6) is -0.111. The van der Waals surface area contributed by atoms with Crippen molar-refractivity contribution < 1.29 is 13.2 Å². The number of amides is 1. The molecule has 1 atom stereocenters. The minimum atomic E-state index is -3.70. The van der Waals surface area contributed by atoms with Crippen molar-refractivity contribution in [2.45, 2.75) is 17.4 Å². The van der Waals surface area contributed by atoms with Crippen molar-refractivity contribution in [2.24, 2.45) is 0 Å². The van der Waals surface area contributed by atoms with Gasteiger partial charge in [-0.15, -0.1) is 24.8 Å². The molecule has 1 saturated heterocycles. The normalized spacial score (nSPS) is 16.0. The lowest BCUT2D eigenvalue weighted by Crippen LogP contribution is -2.38. The number of rotatable bonds is 5. The monoisotopic (exact) mass is 432 g/mol. The van der Waals surface area contributed by atoms with Crippen LogP contribution in [0.5, 0.6) is 0 Å². The number of halogens is 2. The summed E-state index contributed by atoms with van der Waals surface area (Å²) < 4.78 is 27.3. The van der Waals surface area contributed by atoms with Gasteiger partial charge in [0.1, 0.15) is 0 Å². The molecule has 0 radical (unpaired) electrons. The highest BCUT2D eigenvalue weighted by Crippen LogP contribution is 2.17. The molecule has 1 aromatic heterocycles. The number of pyridine rings is 1. The number of benzene rings is 1. The van der Waals surface area contributed by atoms with Crippen LogP contribution in [-0.4, -0.2) is 50.4 Å². The molecule has 3 rings (SSSR count). The SMILES string of the molecule is CN(C(=O)c1ccc(S(=O)(=O)Nc2ccncc2)cc1)C1CCNC1.Cl.Cl. The Labute approximate surface area is 171 Å². The maximum Gasteiger partial charge on any atom is 0.261 e. The Hall–Kier alpha value is -1.87. The second-order valence-electron chi connectivity index (χ2n) is 5.93. The third-order valence-electron chi connectivity index (χ3n) is 4.25. The summed E-state index contributed by atoms with van der Waals surface area (Å²) in [5.41, 5.74) is 0.904. The van der Waals surface area contributed by atoms with Crippen LogP contribution in [0.15, 0.2) is 53.7 Å². The van der Waals surface area contributed by atoms with Gasteiger partial charge in [-0.1, -0.05) is 0 Å². The average Bonchev–Trinajstić information content (AvgIpc) is 3.16. The maximum absolute atomic E-state index is 12.5. The highest BCUT2D eigenvalue weighted by atomic mass is 35.5. The number of sulfonamides is 1. The van der Waals surface area contributed by atoms with E-state index < -0.39 is 10.0 Å². The number of aromatic nitrogens is 1. The van der Waals surface area contributed by atoms with E-state index in [1.807, 2.05) is 0 Å². The second-order valence-corrected chi connectivity index (χ2v) is 7.61. The third kappa shape index (κ3) is 5.55. The number of hydrogen-bond donors (Lipinski definition) is 2. The van der Waals surface area contributed by atoms with E-state index in [0.29, 0.717) is 11.3 Å². The lowest BCUT2D eigenvalue weighted by molar-refractivity contribution is 0.0743. The van der Waals surface area contributed by atoms with Gasteiger partial charge in [0.15, 0.2) is 0 Å². The Morgan fingerprint density at radius 1 is 1.15 bits per heavy atom. The van der Waals surface area contributed by atoms with Crippen molar-refractivity contribution in [1.29, 1.82) is 0 Å². The quantitative estimate of drug-likeness (QED) is 0.754. The number of anilines is 1. The summed E-state index contributed by atoms with van der Waals surface area (Å²) in [5, 5.41) is 3.23. The van der Waals surface area contributed by atoms with Gasteiger partial charge in [0.05, 0.1) is 10.6 Å². The van der Waals surface area contributed by atoms with E-state index in [9.17, 15) is 13.2 Å². The fourth-order valence-corrected chi connectivity index (χ4v) is 3.81. The van der Waals surface area contributed by atoms with Crippen molar-refractivity contribution in [1.82, 2.24) is 15.2 Å². The predicted molar refractivity (Wildman–Crippen MR) is 109 cm³/mol. The van der Waals surface area contributed by atoms with Crippen LogP contribution in [-0.2, 0) is 10.0 Å². The van der Waals surface area contributed by atoms with Crippen LogP contribution < -0.4 is 10.0 Å². The Balaban J connectivity index is 0.00000182. The summed E-state index contributed by atoms with van der Waals surface area (Å²) in [6.45, 7) is 1.69. The van der Waals surface area contributed by atoms with Crippen LogP contribution in [0.1, 0.15) is 16.8 Å². The van der Waals surface area contributed by atoms with Gasteiger partial charge in [-0.25, -0.2) is 8.42 Å². The Kier molecular flexibility index (Phi) is 8.49. The smallest absolute Gasteiger partial charge is 0.261 e. The number of hydrogen-bond acceptors (Lipinski definition) is 5. The zero-order valence-corrected chi connectivity index (χ0v) is 17.1. The van der Waals surface area contributed by atoms with Crippen LogP contribution >= 0.6 is 24.8 Å². The molecule has 0 saturated carbocycles. The van der Waals surface area contributed by atoms with Crippen molar-refractivity contribution in [3.8, 4) is 0 Å². The molecule has 1 aliphatic heterocycles. The molecule has 2 N–H and O–H groups in total. The minimum absolute atomic E-state index is 0. The van der Waals surface area contributed by atoms with Crippen LogP contribution in [0.4, 0.5) is 5.69 Å². The summed E-state index contributed by atoms with van der Waals surface area (Å²) in [4.78, 5) is 18.2. The van der Waals surface area contributed by atoms with E-state index in [4.69, 9.17) is 0 Å². The first-order chi connectivity index (χ1) is 12.0. The molecule has 148 valence electrons. The standard InChI is InChI=1S/C17H20N4O3S.2ClH/c1-21(15-8-11-19-12-15)17(22)13-2-4-16(5-3-13)25(23,24)20-14-6-9-18-10-7-14;;/h2-7,9-10,15,19H,8,11-12H2,1H3,(H,18,20);2*1H. The number of nitrogens with zero attached hydrogens (tertiary/aromatic N) is 2. The van der Waals surface area contributed by atoms with Gasteiger partial charge >= 0.3 is 0 Å². The minimum Gasteiger partial charge on any atom is -0.337 e. The molecule has 27 heavy (non-hydrogen) atoms. The Morgan fingerprint density at radius 2 is 1.78 bits per heavy atom. The molecule has 1 fully saturated rings. The molecule has 0 spiro atoms. The van der Waals surface area contributed by atoms with E-state index >= 15 is 0 Å². The van der Waals surface area contributed by atoms with E-state index in [1.165, 1.54) is 24.5 Å². The van der Waals surface area contributed by atoms with E-state index in [2.05, 4.69) is 15.0 Å². The van der Waals surface area contributed by atoms with Gasteiger partial charge in [0.25, 0.3) is 15.9 Å². The van der Waals surface area contributed by atoms with Crippen molar-refractivity contribution in [3.63, 3.8) is 0 Å². The lowest BCUT2D eigenvalue weighted by Gasteiger charge is -2.23. The van der Waals surface area contributed by atoms with Crippen LogP contribution in [0.25, 0.3) is 0 Å². The number of nitrogens with one attached hydrogen (secondary N) is 2. The summed E-state index contributed by atoms with van der Waals surface area (Å²) in [7, 11) is -1.93. The van der Waals surface area contributed by atoms with Crippen LogP contribution in [0.3, 0.4) is 0 Å². The molecule has 2 aromatic rings. The van der Waals surface area contributed by atoms with Gasteiger partial charge in [0, 0.05) is 37.6 Å². The highest BCUT2D eigenvalue weighted by molar-refractivity contribution is 7.92. The van der Waals surface area contributed by atoms with Gasteiger partial charge in [-0.05, 0) is 49.4 Å². The molecule has 0 bridgehead atoms. The number of likely N-dealkylation sites (N-methyl/N-ethyl adjacent to an activating group) is 1. The second kappa shape index (κ2) is 9.89.